The smallest absolute Gasteiger partial charge is 0.341 e. The van der Waals surface area contributed by atoms with Crippen LogP contribution in [-0.4, -0.2) is 19.0 Å². The molecule has 2 rings (SSSR count). The molecule has 0 unspecified atom stereocenters. The number of esters is 1. The standard InChI is InChI=1S/C18H27NO3S/c1-4-6-7-8-15(20)19-17-16(18(21)22-3)13-10-9-12(5-2)11-14(13)23-17/h12H,4-11H2,1-3H3,(H,19,20)/t12-/m1/s1. The first kappa shape index (κ1) is 18.0. The van der Waals surface area contributed by atoms with E-state index in [9.17, 15) is 9.59 Å². The number of amides is 1. The van der Waals surface area contributed by atoms with Crippen molar-refractivity contribution in [1.29, 1.82) is 0 Å². The van der Waals surface area contributed by atoms with Crippen molar-refractivity contribution in [2.45, 2.75) is 65.2 Å². The first-order chi connectivity index (χ1) is 11.1. The summed E-state index contributed by atoms with van der Waals surface area (Å²) in [5.41, 5.74) is 1.68. The van der Waals surface area contributed by atoms with Crippen LogP contribution in [0.1, 0.15) is 73.2 Å². The minimum Gasteiger partial charge on any atom is -0.465 e. The lowest BCUT2D eigenvalue weighted by Gasteiger charge is -2.20. The van der Waals surface area contributed by atoms with Crippen LogP contribution in [0.4, 0.5) is 5.00 Å². The Balaban J connectivity index is 2.19. The molecule has 128 valence electrons. The van der Waals surface area contributed by atoms with Gasteiger partial charge in [-0.05, 0) is 37.2 Å². The van der Waals surface area contributed by atoms with Gasteiger partial charge in [-0.3, -0.25) is 4.79 Å². The Bertz CT molecular complexity index is 565. The van der Waals surface area contributed by atoms with Crippen molar-refractivity contribution in [3.05, 3.63) is 16.0 Å². The molecule has 0 spiro atoms. The van der Waals surface area contributed by atoms with Crippen molar-refractivity contribution in [2.75, 3.05) is 12.4 Å². The molecule has 1 N–H and O–H groups in total. The van der Waals surface area contributed by atoms with E-state index in [2.05, 4.69) is 19.2 Å². The van der Waals surface area contributed by atoms with Crippen LogP contribution in [0.5, 0.6) is 0 Å². The van der Waals surface area contributed by atoms with Gasteiger partial charge in [0.1, 0.15) is 5.00 Å². The van der Waals surface area contributed by atoms with Crippen LogP contribution in [0, 0.1) is 5.92 Å². The quantitative estimate of drug-likeness (QED) is 0.586. The van der Waals surface area contributed by atoms with Gasteiger partial charge < -0.3 is 10.1 Å². The summed E-state index contributed by atoms with van der Waals surface area (Å²) in [5.74, 6) is 0.343. The Kier molecular flexibility index (Phi) is 6.63. The molecular formula is C18H27NO3S. The van der Waals surface area contributed by atoms with E-state index in [-0.39, 0.29) is 11.9 Å². The third-order valence-corrected chi connectivity index (χ3v) is 5.76. The van der Waals surface area contributed by atoms with Crippen molar-refractivity contribution in [3.63, 3.8) is 0 Å². The minimum atomic E-state index is -0.332. The fourth-order valence-electron chi connectivity index (χ4n) is 3.13. The first-order valence-corrected chi connectivity index (χ1v) is 9.44. The lowest BCUT2D eigenvalue weighted by atomic mass is 9.85. The molecule has 1 atom stereocenters. The molecule has 0 saturated heterocycles. The SMILES string of the molecule is CCCCCC(=O)Nc1sc2c(c1C(=O)OC)CC[C@@H](CC)C2. The number of ether oxygens (including phenoxy) is 1. The number of unbranched alkanes of at least 4 members (excludes halogenated alkanes) is 2. The molecule has 1 aliphatic carbocycles. The van der Waals surface area contributed by atoms with Crippen LogP contribution in [0.25, 0.3) is 0 Å². The van der Waals surface area contributed by atoms with Crippen LogP contribution in [0.3, 0.4) is 0 Å². The van der Waals surface area contributed by atoms with Crippen molar-refractivity contribution < 1.29 is 14.3 Å². The zero-order valence-corrected chi connectivity index (χ0v) is 15.2. The molecule has 5 heteroatoms. The van der Waals surface area contributed by atoms with E-state index in [0.29, 0.717) is 22.9 Å². The summed E-state index contributed by atoms with van der Waals surface area (Å²) in [5, 5.41) is 3.63. The molecule has 0 fully saturated rings. The number of anilines is 1. The maximum Gasteiger partial charge on any atom is 0.341 e. The highest BCUT2D eigenvalue weighted by Gasteiger charge is 2.29. The van der Waals surface area contributed by atoms with E-state index in [4.69, 9.17) is 4.74 Å². The summed E-state index contributed by atoms with van der Waals surface area (Å²) in [6.45, 7) is 4.33. The molecule has 0 aromatic carbocycles. The van der Waals surface area contributed by atoms with Gasteiger partial charge in [-0.2, -0.15) is 0 Å². The van der Waals surface area contributed by atoms with Crippen LogP contribution in [0.15, 0.2) is 0 Å². The van der Waals surface area contributed by atoms with E-state index in [1.165, 1.54) is 12.0 Å². The summed E-state index contributed by atoms with van der Waals surface area (Å²) in [6.07, 6.45) is 7.71. The van der Waals surface area contributed by atoms with Gasteiger partial charge in [0.05, 0.1) is 12.7 Å². The molecular weight excluding hydrogens is 310 g/mol. The maximum atomic E-state index is 12.2. The zero-order valence-electron chi connectivity index (χ0n) is 14.4. The van der Waals surface area contributed by atoms with Crippen molar-refractivity contribution in [2.24, 2.45) is 5.92 Å². The second-order valence-corrected chi connectivity index (χ2v) is 7.33. The Morgan fingerprint density at radius 2 is 2.09 bits per heavy atom. The maximum absolute atomic E-state index is 12.2. The fraction of sp³-hybridized carbons (Fsp3) is 0.667. The van der Waals surface area contributed by atoms with E-state index >= 15 is 0 Å². The topological polar surface area (TPSA) is 55.4 Å². The molecule has 1 amide bonds. The predicted octanol–water partition coefficient (Wildman–Crippen LogP) is 4.57. The largest absolute Gasteiger partial charge is 0.465 e. The van der Waals surface area contributed by atoms with Crippen LogP contribution >= 0.6 is 11.3 Å². The zero-order chi connectivity index (χ0) is 16.8. The Hall–Kier alpha value is -1.36. The molecule has 1 aromatic rings. The number of carbonyl (C=O) groups is 2. The molecule has 4 nitrogen and oxygen atoms in total. The number of rotatable bonds is 7. The molecule has 23 heavy (non-hydrogen) atoms. The number of nitrogens with one attached hydrogen (secondary N) is 1. The van der Waals surface area contributed by atoms with Crippen LogP contribution in [-0.2, 0) is 22.4 Å². The predicted molar refractivity (Wildman–Crippen MR) is 94.2 cm³/mol. The van der Waals surface area contributed by atoms with Gasteiger partial charge in [0.2, 0.25) is 5.91 Å². The Morgan fingerprint density at radius 1 is 1.30 bits per heavy atom. The highest BCUT2D eigenvalue weighted by atomic mass is 32.1. The molecule has 0 saturated carbocycles. The number of methoxy groups -OCH3 is 1. The van der Waals surface area contributed by atoms with Crippen LogP contribution < -0.4 is 5.32 Å². The van der Waals surface area contributed by atoms with Crippen LogP contribution in [0.2, 0.25) is 0 Å². The van der Waals surface area contributed by atoms with E-state index in [0.717, 1.165) is 50.5 Å². The normalized spacial score (nSPS) is 16.7. The van der Waals surface area contributed by atoms with E-state index in [1.807, 2.05) is 0 Å². The van der Waals surface area contributed by atoms with Crippen molar-refractivity contribution >= 4 is 28.2 Å². The second-order valence-electron chi connectivity index (χ2n) is 6.22. The number of hydrogen-bond donors (Lipinski definition) is 1. The van der Waals surface area contributed by atoms with Gasteiger partial charge >= 0.3 is 5.97 Å². The summed E-state index contributed by atoms with van der Waals surface area (Å²) in [7, 11) is 1.40. The van der Waals surface area contributed by atoms with E-state index < -0.39 is 0 Å². The summed E-state index contributed by atoms with van der Waals surface area (Å²) >= 11 is 1.56. The summed E-state index contributed by atoms with van der Waals surface area (Å²) in [4.78, 5) is 25.6. The fourth-order valence-corrected chi connectivity index (χ4v) is 4.50. The average Bonchev–Trinajstić information content (AvgIpc) is 2.90. The molecule has 1 heterocycles. The Labute approximate surface area is 142 Å². The van der Waals surface area contributed by atoms with Gasteiger partial charge in [0, 0.05) is 11.3 Å². The monoisotopic (exact) mass is 337 g/mol. The average molecular weight is 337 g/mol. The van der Waals surface area contributed by atoms with Crippen molar-refractivity contribution in [3.8, 4) is 0 Å². The van der Waals surface area contributed by atoms with Gasteiger partial charge in [-0.1, -0.05) is 33.1 Å². The summed E-state index contributed by atoms with van der Waals surface area (Å²) < 4.78 is 4.95. The Morgan fingerprint density at radius 3 is 2.74 bits per heavy atom. The number of thiophene rings is 1. The second kappa shape index (κ2) is 8.48. The highest BCUT2D eigenvalue weighted by Crippen LogP contribution is 2.40. The lowest BCUT2D eigenvalue weighted by Crippen LogP contribution is -2.16. The molecule has 0 aliphatic heterocycles. The van der Waals surface area contributed by atoms with Gasteiger partial charge in [-0.15, -0.1) is 11.3 Å². The lowest BCUT2D eigenvalue weighted by molar-refractivity contribution is -0.116. The van der Waals surface area contributed by atoms with Gasteiger partial charge in [-0.25, -0.2) is 4.79 Å². The molecule has 1 aromatic heterocycles. The number of carbonyl (C=O) groups excluding carboxylic acids is 2. The molecule has 0 bridgehead atoms. The highest BCUT2D eigenvalue weighted by molar-refractivity contribution is 7.17. The molecule has 0 radical (unpaired) electrons. The van der Waals surface area contributed by atoms with Gasteiger partial charge in [0.15, 0.2) is 0 Å². The first-order valence-electron chi connectivity index (χ1n) is 8.63. The summed E-state index contributed by atoms with van der Waals surface area (Å²) in [6, 6.07) is 0. The van der Waals surface area contributed by atoms with Crippen molar-refractivity contribution in [1.82, 2.24) is 0 Å². The third kappa shape index (κ3) is 4.34. The van der Waals surface area contributed by atoms with Gasteiger partial charge in [0.25, 0.3) is 0 Å². The number of hydrogen-bond acceptors (Lipinski definition) is 4. The van der Waals surface area contributed by atoms with E-state index in [1.54, 1.807) is 11.3 Å². The molecule has 1 aliphatic rings. The third-order valence-electron chi connectivity index (χ3n) is 4.59. The number of fused-ring (bicyclic) bond motifs is 1. The minimum absolute atomic E-state index is 0.00533.